The van der Waals surface area contributed by atoms with Crippen LogP contribution in [-0.4, -0.2) is 14.5 Å². The lowest BCUT2D eigenvalue weighted by Crippen LogP contribution is -2.21. The Balaban J connectivity index is 1.87. The van der Waals surface area contributed by atoms with Crippen molar-refractivity contribution in [2.75, 3.05) is 0 Å². The lowest BCUT2D eigenvalue weighted by Gasteiger charge is -2.05. The third kappa shape index (κ3) is 2.14. The summed E-state index contributed by atoms with van der Waals surface area (Å²) < 4.78 is 6.92. The Labute approximate surface area is 134 Å². The highest BCUT2D eigenvalue weighted by Gasteiger charge is 2.16. The largest absolute Gasteiger partial charge is 0.448 e. The highest BCUT2D eigenvalue weighted by Crippen LogP contribution is 2.24. The van der Waals surface area contributed by atoms with Crippen LogP contribution in [0.1, 0.15) is 5.56 Å². The molecule has 0 N–H and O–H groups in total. The Kier molecular flexibility index (Phi) is 3.13. The van der Waals surface area contributed by atoms with E-state index in [-0.39, 0.29) is 23.4 Å². The summed E-state index contributed by atoms with van der Waals surface area (Å²) in [5.41, 5.74) is 1.26. The average molecular weight is 321 g/mol. The molecule has 2 heterocycles. The zero-order valence-electron chi connectivity index (χ0n) is 12.4. The van der Waals surface area contributed by atoms with Crippen LogP contribution >= 0.6 is 0 Å². The highest BCUT2D eigenvalue weighted by molar-refractivity contribution is 6.01. The van der Waals surface area contributed by atoms with E-state index in [2.05, 4.69) is 4.98 Å². The topological polar surface area (TPSA) is 91.2 Å². The quantitative estimate of drug-likeness (QED) is 0.427. The third-order valence-electron chi connectivity index (χ3n) is 3.88. The lowest BCUT2D eigenvalue weighted by molar-refractivity contribution is -0.385. The normalized spacial score (nSPS) is 11.2. The molecule has 0 radical (unpaired) electrons. The number of hydrogen-bond donors (Lipinski definition) is 0. The summed E-state index contributed by atoms with van der Waals surface area (Å²) in [5, 5.41) is 11.9. The lowest BCUT2D eigenvalue weighted by atomic mass is 10.2. The van der Waals surface area contributed by atoms with Crippen molar-refractivity contribution >= 4 is 27.8 Å². The maximum absolute atomic E-state index is 12.6. The van der Waals surface area contributed by atoms with Crippen molar-refractivity contribution in [3.8, 4) is 0 Å². The van der Waals surface area contributed by atoms with E-state index in [1.807, 2.05) is 18.2 Å². The van der Waals surface area contributed by atoms with Crippen LogP contribution in [0.3, 0.4) is 0 Å². The zero-order valence-corrected chi connectivity index (χ0v) is 12.4. The second kappa shape index (κ2) is 5.31. The minimum atomic E-state index is -0.465. The van der Waals surface area contributed by atoms with Crippen molar-refractivity contribution in [1.29, 1.82) is 0 Å². The molecule has 0 fully saturated rings. The van der Waals surface area contributed by atoms with Gasteiger partial charge in [-0.1, -0.05) is 30.3 Å². The molecule has 0 aliphatic heterocycles. The van der Waals surface area contributed by atoms with Gasteiger partial charge in [-0.15, -0.1) is 0 Å². The van der Waals surface area contributed by atoms with Crippen LogP contribution in [0.25, 0.3) is 22.1 Å². The predicted molar refractivity (Wildman–Crippen MR) is 88.0 cm³/mol. The van der Waals surface area contributed by atoms with E-state index in [0.29, 0.717) is 16.7 Å². The molecule has 2 aromatic carbocycles. The van der Waals surface area contributed by atoms with Gasteiger partial charge in [0.1, 0.15) is 11.1 Å². The van der Waals surface area contributed by atoms with Crippen molar-refractivity contribution < 1.29 is 9.34 Å². The fraction of sp³-hybridized carbons (Fsp3) is 0.0588. The van der Waals surface area contributed by atoms with Crippen LogP contribution in [0, 0.1) is 10.1 Å². The molecule has 0 unspecified atom stereocenters. The molecule has 0 saturated carbocycles. The van der Waals surface area contributed by atoms with Gasteiger partial charge in [0.15, 0.2) is 0 Å². The maximum Gasteiger partial charge on any atom is 0.297 e. The van der Waals surface area contributed by atoms with Crippen LogP contribution in [0.4, 0.5) is 5.69 Å². The predicted octanol–water partition coefficient (Wildman–Crippen LogP) is 3.10. The first-order valence-electron chi connectivity index (χ1n) is 7.24. The van der Waals surface area contributed by atoms with Crippen molar-refractivity contribution in [2.24, 2.45) is 0 Å². The Bertz CT molecular complexity index is 1140. The van der Waals surface area contributed by atoms with Crippen molar-refractivity contribution in [3.63, 3.8) is 0 Å². The number of nitro groups is 1. The molecule has 24 heavy (non-hydrogen) atoms. The first-order chi connectivity index (χ1) is 11.6. The number of rotatable bonds is 3. The van der Waals surface area contributed by atoms with E-state index in [0.717, 1.165) is 5.39 Å². The fourth-order valence-electron chi connectivity index (χ4n) is 2.73. The number of nitrogens with zero attached hydrogens (tertiary/aromatic N) is 3. The minimum Gasteiger partial charge on any atom is -0.448 e. The van der Waals surface area contributed by atoms with Gasteiger partial charge in [-0.25, -0.2) is 4.98 Å². The molecule has 0 amide bonds. The number of aromatic nitrogens is 2. The van der Waals surface area contributed by atoms with Crippen LogP contribution < -0.4 is 5.56 Å². The molecule has 4 rings (SSSR count). The average Bonchev–Trinajstić information content (AvgIpc) is 2.97. The zero-order chi connectivity index (χ0) is 16.7. The van der Waals surface area contributed by atoms with E-state index in [4.69, 9.17) is 4.42 Å². The first kappa shape index (κ1) is 14.1. The van der Waals surface area contributed by atoms with Gasteiger partial charge in [-0.3, -0.25) is 19.5 Å². The standard InChI is InChI=1S/C17H11N3O4/c21-17-16-15(12-6-2-4-8-14(12)24-16)18-10-19(17)9-11-5-1-3-7-13(11)20(22)23/h1-8,10H,9H2. The highest BCUT2D eigenvalue weighted by atomic mass is 16.6. The number of fused-ring (bicyclic) bond motifs is 3. The molecular weight excluding hydrogens is 310 g/mol. The molecule has 0 bridgehead atoms. The fourth-order valence-corrected chi connectivity index (χ4v) is 2.73. The summed E-state index contributed by atoms with van der Waals surface area (Å²) in [4.78, 5) is 27.6. The van der Waals surface area contributed by atoms with Crippen LogP contribution in [0.2, 0.25) is 0 Å². The molecule has 0 spiro atoms. The monoisotopic (exact) mass is 321 g/mol. The molecule has 0 saturated heterocycles. The molecule has 0 aliphatic carbocycles. The Morgan fingerprint density at radius 3 is 2.71 bits per heavy atom. The van der Waals surface area contributed by atoms with Gasteiger partial charge in [0.05, 0.1) is 17.8 Å². The van der Waals surface area contributed by atoms with Crippen LogP contribution in [0.5, 0.6) is 0 Å². The van der Waals surface area contributed by atoms with Crippen LogP contribution in [0.15, 0.2) is 64.1 Å². The van der Waals surface area contributed by atoms with Crippen molar-refractivity contribution in [1.82, 2.24) is 9.55 Å². The number of nitro benzene ring substituents is 1. The molecule has 0 atom stereocenters. The van der Waals surface area contributed by atoms with Gasteiger partial charge < -0.3 is 4.42 Å². The molecule has 118 valence electrons. The smallest absolute Gasteiger partial charge is 0.297 e. The molecular formula is C17H11N3O4. The molecule has 7 nitrogen and oxygen atoms in total. The Morgan fingerprint density at radius 2 is 1.88 bits per heavy atom. The van der Waals surface area contributed by atoms with E-state index in [1.54, 1.807) is 24.3 Å². The second-order valence-electron chi connectivity index (χ2n) is 5.34. The number of benzene rings is 2. The van der Waals surface area contributed by atoms with Gasteiger partial charge in [-0.2, -0.15) is 0 Å². The van der Waals surface area contributed by atoms with Gasteiger partial charge in [0.25, 0.3) is 11.2 Å². The van der Waals surface area contributed by atoms with Gasteiger partial charge in [-0.05, 0) is 12.1 Å². The summed E-state index contributed by atoms with van der Waals surface area (Å²) in [7, 11) is 0. The molecule has 4 aromatic rings. The molecule has 7 heteroatoms. The summed E-state index contributed by atoms with van der Waals surface area (Å²) in [6, 6.07) is 13.6. The summed E-state index contributed by atoms with van der Waals surface area (Å²) >= 11 is 0. The maximum atomic E-state index is 12.6. The van der Waals surface area contributed by atoms with Crippen molar-refractivity contribution in [3.05, 3.63) is 80.9 Å². The van der Waals surface area contributed by atoms with E-state index >= 15 is 0 Å². The SMILES string of the molecule is O=c1c2oc3ccccc3c2ncn1Cc1ccccc1[N+](=O)[O-]. The minimum absolute atomic E-state index is 0.0332. The van der Waals surface area contributed by atoms with Gasteiger partial charge >= 0.3 is 0 Å². The Hall–Kier alpha value is -3.48. The van der Waals surface area contributed by atoms with E-state index in [9.17, 15) is 14.9 Å². The van der Waals surface area contributed by atoms with Gasteiger partial charge in [0, 0.05) is 17.0 Å². The number of hydrogen-bond acceptors (Lipinski definition) is 5. The van der Waals surface area contributed by atoms with E-state index in [1.165, 1.54) is 17.0 Å². The molecule has 0 aliphatic rings. The number of para-hydroxylation sites is 2. The Morgan fingerprint density at radius 1 is 1.12 bits per heavy atom. The second-order valence-corrected chi connectivity index (χ2v) is 5.34. The third-order valence-corrected chi connectivity index (χ3v) is 3.88. The van der Waals surface area contributed by atoms with Crippen molar-refractivity contribution in [2.45, 2.75) is 6.54 Å². The van der Waals surface area contributed by atoms with Crippen LogP contribution in [-0.2, 0) is 6.54 Å². The summed E-state index contributed by atoms with van der Waals surface area (Å²) in [6.45, 7) is 0.0516. The number of furan rings is 1. The van der Waals surface area contributed by atoms with E-state index < -0.39 is 4.92 Å². The van der Waals surface area contributed by atoms with Gasteiger partial charge in [0.2, 0.25) is 5.58 Å². The molecule has 2 aromatic heterocycles. The summed E-state index contributed by atoms with van der Waals surface area (Å²) in [6.07, 6.45) is 1.39. The summed E-state index contributed by atoms with van der Waals surface area (Å²) in [5.74, 6) is 0. The first-order valence-corrected chi connectivity index (χ1v) is 7.24.